The van der Waals surface area contributed by atoms with Gasteiger partial charge in [0.05, 0.1) is 14.2 Å². The lowest BCUT2D eigenvalue weighted by molar-refractivity contribution is -0.118. The van der Waals surface area contributed by atoms with Crippen molar-refractivity contribution in [3.05, 3.63) is 53.6 Å². The molecular weight excluding hydrogens is 370 g/mol. The minimum Gasteiger partial charge on any atom is -0.497 e. The van der Waals surface area contributed by atoms with E-state index in [1.165, 1.54) is 32.4 Å². The number of carbonyl (C=O) groups excluding carboxylic acids is 2. The molecule has 0 bridgehead atoms. The Morgan fingerprint density at radius 3 is 2.04 bits per heavy atom. The molecule has 0 aliphatic heterocycles. The van der Waals surface area contributed by atoms with Crippen LogP contribution in [0.5, 0.6) is 11.5 Å². The first kappa shape index (κ1) is 21.1. The molecule has 0 saturated heterocycles. The van der Waals surface area contributed by atoms with Gasteiger partial charge in [-0.2, -0.15) is 0 Å². The molecule has 1 atom stereocenters. The van der Waals surface area contributed by atoms with Crippen molar-refractivity contribution in [2.45, 2.75) is 19.9 Å². The topological polar surface area (TPSA) is 76.7 Å². The summed E-state index contributed by atoms with van der Waals surface area (Å²) in [6.07, 6.45) is 0. The van der Waals surface area contributed by atoms with Gasteiger partial charge < -0.3 is 20.1 Å². The largest absolute Gasteiger partial charge is 0.497 e. The zero-order chi connectivity index (χ0) is 20.8. The van der Waals surface area contributed by atoms with Crippen molar-refractivity contribution < 1.29 is 27.8 Å². The number of carbonyl (C=O) groups is 2. The SMILES string of the molecule is COc1cc(OC)cc(C(=O)NC(C(=O)Nc2ccc(F)c(F)c2)C(C)C)c1. The Morgan fingerprint density at radius 1 is 0.929 bits per heavy atom. The van der Waals surface area contributed by atoms with Gasteiger partial charge in [0.2, 0.25) is 5.91 Å². The van der Waals surface area contributed by atoms with Gasteiger partial charge in [-0.1, -0.05) is 13.8 Å². The fourth-order valence-corrected chi connectivity index (χ4v) is 2.49. The number of ether oxygens (including phenoxy) is 2. The maximum Gasteiger partial charge on any atom is 0.252 e. The molecule has 0 heterocycles. The molecule has 0 fully saturated rings. The summed E-state index contributed by atoms with van der Waals surface area (Å²) in [6, 6.07) is 6.77. The summed E-state index contributed by atoms with van der Waals surface area (Å²) in [6.45, 7) is 3.50. The zero-order valence-corrected chi connectivity index (χ0v) is 16.0. The van der Waals surface area contributed by atoms with Crippen molar-refractivity contribution in [3.8, 4) is 11.5 Å². The van der Waals surface area contributed by atoms with Crippen molar-refractivity contribution in [3.63, 3.8) is 0 Å². The summed E-state index contributed by atoms with van der Waals surface area (Å²) >= 11 is 0. The summed E-state index contributed by atoms with van der Waals surface area (Å²) < 4.78 is 36.7. The molecule has 2 N–H and O–H groups in total. The highest BCUT2D eigenvalue weighted by Gasteiger charge is 2.25. The highest BCUT2D eigenvalue weighted by Crippen LogP contribution is 2.23. The third kappa shape index (κ3) is 5.18. The number of halogens is 2. The Labute approximate surface area is 161 Å². The molecule has 1 unspecified atom stereocenters. The highest BCUT2D eigenvalue weighted by atomic mass is 19.2. The van der Waals surface area contributed by atoms with Crippen LogP contribution in [0.3, 0.4) is 0 Å². The van der Waals surface area contributed by atoms with E-state index in [9.17, 15) is 18.4 Å². The number of anilines is 1. The van der Waals surface area contributed by atoms with Crippen LogP contribution >= 0.6 is 0 Å². The van der Waals surface area contributed by atoms with E-state index in [1.54, 1.807) is 19.9 Å². The zero-order valence-electron chi connectivity index (χ0n) is 16.0. The molecule has 2 rings (SSSR count). The van der Waals surface area contributed by atoms with Gasteiger partial charge in [0.15, 0.2) is 11.6 Å². The second-order valence-electron chi connectivity index (χ2n) is 6.41. The van der Waals surface area contributed by atoms with Crippen molar-refractivity contribution in [1.82, 2.24) is 5.32 Å². The number of methoxy groups -OCH3 is 2. The normalized spacial score (nSPS) is 11.7. The van der Waals surface area contributed by atoms with Gasteiger partial charge in [0, 0.05) is 23.4 Å². The summed E-state index contributed by atoms with van der Waals surface area (Å²) in [4.78, 5) is 25.2. The second-order valence-corrected chi connectivity index (χ2v) is 6.41. The maximum absolute atomic E-state index is 13.3. The molecule has 2 aromatic rings. The lowest BCUT2D eigenvalue weighted by Crippen LogP contribution is -2.47. The van der Waals surface area contributed by atoms with E-state index < -0.39 is 29.5 Å². The average Bonchev–Trinajstić information content (AvgIpc) is 2.67. The predicted molar refractivity (Wildman–Crippen MR) is 101 cm³/mol. The summed E-state index contributed by atoms with van der Waals surface area (Å²) in [5, 5.41) is 5.14. The number of rotatable bonds is 7. The summed E-state index contributed by atoms with van der Waals surface area (Å²) in [5.41, 5.74) is 0.342. The van der Waals surface area contributed by atoms with Crippen molar-refractivity contribution in [2.24, 2.45) is 5.92 Å². The van der Waals surface area contributed by atoms with Crippen LogP contribution in [0.1, 0.15) is 24.2 Å². The fraction of sp³-hybridized carbons (Fsp3) is 0.300. The first-order valence-corrected chi connectivity index (χ1v) is 8.55. The fourth-order valence-electron chi connectivity index (χ4n) is 2.49. The number of nitrogens with one attached hydrogen (secondary N) is 2. The van der Waals surface area contributed by atoms with Crippen LogP contribution in [0.4, 0.5) is 14.5 Å². The molecule has 0 saturated carbocycles. The lowest BCUT2D eigenvalue weighted by atomic mass is 10.0. The van der Waals surface area contributed by atoms with Crippen LogP contribution in [0.25, 0.3) is 0 Å². The van der Waals surface area contributed by atoms with Crippen molar-refractivity contribution in [1.29, 1.82) is 0 Å². The minimum absolute atomic E-state index is 0.0897. The third-order valence-corrected chi connectivity index (χ3v) is 4.04. The Kier molecular flexibility index (Phi) is 6.92. The van der Waals surface area contributed by atoms with Crippen molar-refractivity contribution in [2.75, 3.05) is 19.5 Å². The predicted octanol–water partition coefficient (Wildman–Crippen LogP) is 3.38. The monoisotopic (exact) mass is 392 g/mol. The van der Waals surface area contributed by atoms with Crippen LogP contribution in [0.15, 0.2) is 36.4 Å². The highest BCUT2D eigenvalue weighted by molar-refractivity contribution is 6.01. The number of hydrogen-bond acceptors (Lipinski definition) is 4. The molecule has 0 spiro atoms. The van der Waals surface area contributed by atoms with Crippen LogP contribution in [-0.2, 0) is 4.79 Å². The molecule has 28 heavy (non-hydrogen) atoms. The lowest BCUT2D eigenvalue weighted by Gasteiger charge is -2.22. The molecule has 0 aromatic heterocycles. The van der Waals surface area contributed by atoms with E-state index in [0.29, 0.717) is 11.5 Å². The molecule has 150 valence electrons. The average molecular weight is 392 g/mol. The van der Waals surface area contributed by atoms with E-state index >= 15 is 0 Å². The standard InChI is InChI=1S/C20H22F2N2O4/c1-11(2)18(20(26)23-13-5-6-16(21)17(22)9-13)24-19(25)12-7-14(27-3)10-15(8-12)28-4/h5-11,18H,1-4H3,(H,23,26)(H,24,25). The molecule has 6 nitrogen and oxygen atoms in total. The van der Waals surface area contributed by atoms with E-state index in [2.05, 4.69) is 10.6 Å². The minimum atomic E-state index is -1.08. The van der Waals surface area contributed by atoms with Crippen LogP contribution in [0, 0.1) is 17.6 Å². The van der Waals surface area contributed by atoms with Gasteiger partial charge in [0.25, 0.3) is 5.91 Å². The summed E-state index contributed by atoms with van der Waals surface area (Å²) in [5.74, 6) is -2.55. The molecule has 2 amide bonds. The van der Waals surface area contributed by atoms with Crippen LogP contribution < -0.4 is 20.1 Å². The van der Waals surface area contributed by atoms with E-state index in [-0.39, 0.29) is 17.2 Å². The molecule has 0 aliphatic rings. The third-order valence-electron chi connectivity index (χ3n) is 4.04. The van der Waals surface area contributed by atoms with Gasteiger partial charge in [0.1, 0.15) is 17.5 Å². The second kappa shape index (κ2) is 9.16. The van der Waals surface area contributed by atoms with Crippen LogP contribution in [0.2, 0.25) is 0 Å². The van der Waals surface area contributed by atoms with Crippen molar-refractivity contribution >= 4 is 17.5 Å². The Morgan fingerprint density at radius 2 is 1.54 bits per heavy atom. The van der Waals surface area contributed by atoms with E-state index in [4.69, 9.17) is 9.47 Å². The molecule has 0 aliphatic carbocycles. The Hall–Kier alpha value is -3.16. The Bertz CT molecular complexity index is 849. The number of hydrogen-bond donors (Lipinski definition) is 2. The van der Waals surface area contributed by atoms with Crippen LogP contribution in [-0.4, -0.2) is 32.1 Å². The number of amides is 2. The Balaban J connectivity index is 2.18. The molecule has 2 aromatic carbocycles. The first-order chi connectivity index (χ1) is 13.2. The summed E-state index contributed by atoms with van der Waals surface area (Å²) in [7, 11) is 2.92. The van der Waals surface area contributed by atoms with Gasteiger partial charge in [-0.25, -0.2) is 8.78 Å². The molecule has 0 radical (unpaired) electrons. The maximum atomic E-state index is 13.3. The van der Waals surface area contributed by atoms with Gasteiger partial charge >= 0.3 is 0 Å². The van der Waals surface area contributed by atoms with E-state index in [0.717, 1.165) is 12.1 Å². The molecule has 8 heteroatoms. The van der Waals surface area contributed by atoms with Gasteiger partial charge in [-0.15, -0.1) is 0 Å². The quantitative estimate of drug-likeness (QED) is 0.758. The number of benzene rings is 2. The molecular formula is C20H22F2N2O4. The van der Waals surface area contributed by atoms with Gasteiger partial charge in [-0.05, 0) is 30.2 Å². The van der Waals surface area contributed by atoms with E-state index in [1.807, 2.05) is 0 Å². The first-order valence-electron chi connectivity index (χ1n) is 8.55. The van der Waals surface area contributed by atoms with Gasteiger partial charge in [-0.3, -0.25) is 9.59 Å². The smallest absolute Gasteiger partial charge is 0.252 e.